The number of rotatable bonds is 1. The molecule has 0 amide bonds. The van der Waals surface area contributed by atoms with Gasteiger partial charge in [0.1, 0.15) is 0 Å². The third kappa shape index (κ3) is 1.81. The van der Waals surface area contributed by atoms with Gasteiger partial charge in [0.15, 0.2) is 11.5 Å². The predicted molar refractivity (Wildman–Crippen MR) is 71.7 cm³/mol. The third-order valence-electron chi connectivity index (χ3n) is 3.20. The minimum atomic E-state index is 0. The lowest BCUT2D eigenvalue weighted by atomic mass is 9.93. The average Bonchev–Trinajstić information content (AvgIpc) is 2.73. The Hall–Kier alpha value is -1.42. The van der Waals surface area contributed by atoms with Crippen molar-refractivity contribution in [3.63, 3.8) is 0 Å². The van der Waals surface area contributed by atoms with Gasteiger partial charge >= 0.3 is 0 Å². The molecule has 5 heteroatoms. The molecule has 2 aliphatic rings. The lowest BCUT2D eigenvalue weighted by molar-refractivity contribution is 0.171. The Morgan fingerprint density at radius 2 is 2.17 bits per heavy atom. The van der Waals surface area contributed by atoms with Crippen molar-refractivity contribution in [3.05, 3.63) is 17.2 Å². The van der Waals surface area contributed by atoms with Gasteiger partial charge in [-0.15, -0.1) is 12.4 Å². The van der Waals surface area contributed by atoms with Crippen molar-refractivity contribution in [2.75, 3.05) is 13.9 Å². The summed E-state index contributed by atoms with van der Waals surface area (Å²) in [6.07, 6.45) is 0.916. The fourth-order valence-electron chi connectivity index (χ4n) is 2.57. The van der Waals surface area contributed by atoms with E-state index in [4.69, 9.17) is 14.2 Å². The minimum Gasteiger partial charge on any atom is -0.492 e. The number of hydrogen-bond donors (Lipinski definition) is 0. The summed E-state index contributed by atoms with van der Waals surface area (Å²) in [7, 11) is 1.66. The largest absolute Gasteiger partial charge is 0.492 e. The Morgan fingerprint density at radius 1 is 1.39 bits per heavy atom. The highest BCUT2D eigenvalue weighted by atomic mass is 35.5. The zero-order valence-electron chi connectivity index (χ0n) is 10.6. The van der Waals surface area contributed by atoms with Gasteiger partial charge in [0.2, 0.25) is 12.5 Å². The molecule has 2 aliphatic heterocycles. The van der Waals surface area contributed by atoms with Crippen LogP contribution in [0.4, 0.5) is 0 Å². The van der Waals surface area contributed by atoms with E-state index in [2.05, 4.69) is 18.0 Å². The van der Waals surface area contributed by atoms with E-state index in [0.717, 1.165) is 29.2 Å². The average molecular weight is 270 g/mol. The lowest BCUT2D eigenvalue weighted by Crippen LogP contribution is -2.17. The first-order valence-corrected chi connectivity index (χ1v) is 5.75. The maximum atomic E-state index is 5.48. The molecule has 0 saturated heterocycles. The number of ether oxygens (including phenoxy) is 3. The maximum absolute atomic E-state index is 5.48. The number of aliphatic imine (C=N–C) groups is 1. The van der Waals surface area contributed by atoms with Gasteiger partial charge in [-0.2, -0.15) is 0 Å². The fraction of sp³-hybridized carbons (Fsp3) is 0.462. The molecule has 0 radical (unpaired) electrons. The van der Waals surface area contributed by atoms with E-state index in [1.165, 1.54) is 5.56 Å². The second-order valence-corrected chi connectivity index (χ2v) is 4.45. The molecule has 1 unspecified atom stereocenters. The molecular weight excluding hydrogens is 254 g/mol. The topological polar surface area (TPSA) is 40.0 Å². The zero-order chi connectivity index (χ0) is 12.0. The van der Waals surface area contributed by atoms with Crippen molar-refractivity contribution in [2.24, 2.45) is 4.99 Å². The van der Waals surface area contributed by atoms with Gasteiger partial charge in [0.25, 0.3) is 0 Å². The van der Waals surface area contributed by atoms with Crippen LogP contribution in [-0.2, 0) is 6.42 Å². The summed E-state index contributed by atoms with van der Waals surface area (Å²) in [5.74, 6) is 2.24. The second kappa shape index (κ2) is 4.69. The van der Waals surface area contributed by atoms with Crippen LogP contribution in [0.1, 0.15) is 25.0 Å². The number of nitrogens with zero attached hydrogens (tertiary/aromatic N) is 1. The summed E-state index contributed by atoms with van der Waals surface area (Å²) >= 11 is 0. The standard InChI is InChI=1S/C13H15NO3.ClH/c1-7-4-9-5-10-12(17-6-16-10)13(15-3)11(9)8(2)14-7;/h5,7H,4,6H2,1-3H3;1H. The first-order valence-electron chi connectivity index (χ1n) is 5.75. The van der Waals surface area contributed by atoms with Crippen LogP contribution in [0.2, 0.25) is 0 Å². The highest BCUT2D eigenvalue weighted by Gasteiger charge is 2.28. The smallest absolute Gasteiger partial charge is 0.231 e. The molecule has 1 aromatic carbocycles. The SMILES string of the molecule is COc1c2c(cc3c1C(C)=NC(C)C3)OCO2.Cl. The van der Waals surface area contributed by atoms with Crippen LogP contribution in [0.25, 0.3) is 0 Å². The normalized spacial score (nSPS) is 19.7. The van der Waals surface area contributed by atoms with E-state index in [9.17, 15) is 0 Å². The van der Waals surface area contributed by atoms with E-state index >= 15 is 0 Å². The Labute approximate surface area is 112 Å². The van der Waals surface area contributed by atoms with Gasteiger partial charge < -0.3 is 14.2 Å². The number of benzene rings is 1. The third-order valence-corrected chi connectivity index (χ3v) is 3.20. The van der Waals surface area contributed by atoms with Crippen molar-refractivity contribution in [1.82, 2.24) is 0 Å². The van der Waals surface area contributed by atoms with Gasteiger partial charge in [0.05, 0.1) is 13.2 Å². The van der Waals surface area contributed by atoms with Crippen molar-refractivity contribution in [3.8, 4) is 17.2 Å². The van der Waals surface area contributed by atoms with Gasteiger partial charge in [-0.3, -0.25) is 4.99 Å². The van der Waals surface area contributed by atoms with Crippen LogP contribution in [-0.4, -0.2) is 25.7 Å². The van der Waals surface area contributed by atoms with E-state index in [-0.39, 0.29) is 19.2 Å². The lowest BCUT2D eigenvalue weighted by Gasteiger charge is -2.22. The van der Waals surface area contributed by atoms with E-state index < -0.39 is 0 Å². The highest BCUT2D eigenvalue weighted by Crippen LogP contribution is 2.46. The van der Waals surface area contributed by atoms with E-state index in [1.54, 1.807) is 7.11 Å². The molecule has 98 valence electrons. The summed E-state index contributed by atoms with van der Waals surface area (Å²) in [5.41, 5.74) is 3.30. The monoisotopic (exact) mass is 269 g/mol. The van der Waals surface area contributed by atoms with Crippen molar-refractivity contribution < 1.29 is 14.2 Å². The second-order valence-electron chi connectivity index (χ2n) is 4.45. The van der Waals surface area contributed by atoms with E-state index in [1.807, 2.05) is 6.92 Å². The summed E-state index contributed by atoms with van der Waals surface area (Å²) in [4.78, 5) is 4.60. The molecule has 18 heavy (non-hydrogen) atoms. The van der Waals surface area contributed by atoms with Gasteiger partial charge in [0, 0.05) is 11.3 Å². The van der Waals surface area contributed by atoms with Crippen molar-refractivity contribution in [1.29, 1.82) is 0 Å². The van der Waals surface area contributed by atoms with Gasteiger partial charge in [-0.05, 0) is 31.9 Å². The van der Waals surface area contributed by atoms with E-state index in [0.29, 0.717) is 11.8 Å². The Bertz CT molecular complexity index is 513. The first-order chi connectivity index (χ1) is 8.20. The number of fused-ring (bicyclic) bond motifs is 2. The molecule has 0 N–H and O–H groups in total. The number of hydrogen-bond acceptors (Lipinski definition) is 4. The highest BCUT2D eigenvalue weighted by molar-refractivity contribution is 6.04. The van der Waals surface area contributed by atoms with Crippen LogP contribution in [0.15, 0.2) is 11.1 Å². The van der Waals surface area contributed by atoms with Crippen molar-refractivity contribution in [2.45, 2.75) is 26.3 Å². The minimum absolute atomic E-state index is 0. The molecular formula is C13H16ClNO3. The summed E-state index contributed by atoms with van der Waals surface area (Å²) in [6.45, 7) is 4.39. The van der Waals surface area contributed by atoms with Crippen LogP contribution in [0, 0.1) is 0 Å². The Kier molecular flexibility index (Phi) is 3.39. The van der Waals surface area contributed by atoms with Crippen LogP contribution in [0.3, 0.4) is 0 Å². The first kappa shape index (κ1) is 13.0. The predicted octanol–water partition coefficient (Wildman–Crippen LogP) is 2.60. The molecule has 3 rings (SSSR count). The van der Waals surface area contributed by atoms with Crippen LogP contribution >= 0.6 is 12.4 Å². The number of methoxy groups -OCH3 is 1. The molecule has 0 aromatic heterocycles. The van der Waals surface area contributed by atoms with Gasteiger partial charge in [-0.1, -0.05) is 0 Å². The molecule has 4 nitrogen and oxygen atoms in total. The van der Waals surface area contributed by atoms with Crippen LogP contribution in [0.5, 0.6) is 17.2 Å². The fourth-order valence-corrected chi connectivity index (χ4v) is 2.57. The molecule has 0 fully saturated rings. The molecule has 1 aromatic rings. The molecule has 2 heterocycles. The maximum Gasteiger partial charge on any atom is 0.231 e. The summed E-state index contributed by atoms with van der Waals surface area (Å²) in [6, 6.07) is 2.36. The van der Waals surface area contributed by atoms with Crippen molar-refractivity contribution >= 4 is 18.1 Å². The molecule has 0 saturated carbocycles. The number of halogens is 1. The quantitative estimate of drug-likeness (QED) is 0.787. The molecule has 0 bridgehead atoms. The summed E-state index contributed by atoms with van der Waals surface area (Å²) < 4.78 is 16.4. The van der Waals surface area contributed by atoms with Crippen LogP contribution < -0.4 is 14.2 Å². The summed E-state index contributed by atoms with van der Waals surface area (Å²) in [5, 5.41) is 0. The Balaban J connectivity index is 0.00000120. The van der Waals surface area contributed by atoms with Gasteiger partial charge in [-0.25, -0.2) is 0 Å². The molecule has 0 aliphatic carbocycles. The zero-order valence-corrected chi connectivity index (χ0v) is 11.5. The molecule has 1 atom stereocenters. The Morgan fingerprint density at radius 3 is 2.89 bits per heavy atom. The molecule has 0 spiro atoms.